The Kier molecular flexibility index (Phi) is 45.3. The first kappa shape index (κ1) is 55.2. The van der Waals surface area contributed by atoms with Crippen LogP contribution in [0.3, 0.4) is 0 Å². The van der Waals surface area contributed by atoms with Crippen molar-refractivity contribution < 1.29 is 28.6 Å². The van der Waals surface area contributed by atoms with E-state index in [0.717, 1.165) is 57.8 Å². The molecule has 0 aromatic heterocycles. The Bertz CT molecular complexity index is 885. The topological polar surface area (TPSA) is 78.9 Å². The van der Waals surface area contributed by atoms with Crippen LogP contribution in [0.5, 0.6) is 0 Å². The van der Waals surface area contributed by atoms with Crippen LogP contribution >= 0.6 is 0 Å². The molecule has 57 heavy (non-hydrogen) atoms. The second-order valence-corrected chi connectivity index (χ2v) is 17.1. The third-order valence-corrected chi connectivity index (χ3v) is 11.3. The van der Waals surface area contributed by atoms with E-state index in [0.29, 0.717) is 19.3 Å². The fourth-order valence-electron chi connectivity index (χ4n) is 7.44. The molecular weight excluding hydrogens is 709 g/mol. The lowest BCUT2D eigenvalue weighted by Gasteiger charge is -2.18. The zero-order valence-electron chi connectivity index (χ0n) is 38.4. The lowest BCUT2D eigenvalue weighted by atomic mass is 10.0. The molecule has 0 spiro atoms. The third-order valence-electron chi connectivity index (χ3n) is 11.3. The minimum absolute atomic E-state index is 0.0669. The number of unbranched alkanes of at least 4 members (excludes halogenated alkanes) is 33. The molecule has 0 saturated carbocycles. The van der Waals surface area contributed by atoms with E-state index in [9.17, 15) is 14.4 Å². The monoisotopic (exact) mass is 805 g/mol. The molecule has 1 unspecified atom stereocenters. The van der Waals surface area contributed by atoms with Crippen LogP contribution in [0.4, 0.5) is 0 Å². The zero-order valence-corrected chi connectivity index (χ0v) is 38.4. The Morgan fingerprint density at radius 1 is 0.333 bits per heavy atom. The summed E-state index contributed by atoms with van der Waals surface area (Å²) in [5.41, 5.74) is 0. The van der Waals surface area contributed by atoms with E-state index in [2.05, 4.69) is 32.9 Å². The van der Waals surface area contributed by atoms with Crippen LogP contribution in [0, 0.1) is 0 Å². The quantitative estimate of drug-likeness (QED) is 0.0264. The van der Waals surface area contributed by atoms with Gasteiger partial charge in [-0.2, -0.15) is 0 Å². The lowest BCUT2D eigenvalue weighted by Crippen LogP contribution is -2.30. The molecule has 0 aliphatic rings. The van der Waals surface area contributed by atoms with Crippen molar-refractivity contribution in [3.63, 3.8) is 0 Å². The standard InChI is InChI=1S/C51H96O6/c1-4-7-10-13-16-18-20-22-24-25-26-27-28-30-31-33-35-38-41-44-50(53)56-47-48(46-55-49(52)43-40-37-15-12-9-6-3)57-51(54)45-42-39-36-34-32-29-23-21-19-17-14-11-8-5-2/h22,24,48H,4-21,23,25-47H2,1-3H3/b24-22-. The number of hydrogen-bond acceptors (Lipinski definition) is 6. The van der Waals surface area contributed by atoms with E-state index in [1.165, 1.54) is 180 Å². The first-order chi connectivity index (χ1) is 28.0. The van der Waals surface area contributed by atoms with Crippen molar-refractivity contribution >= 4 is 17.9 Å². The molecule has 6 nitrogen and oxygen atoms in total. The van der Waals surface area contributed by atoms with Gasteiger partial charge < -0.3 is 14.2 Å². The van der Waals surface area contributed by atoms with Crippen LogP contribution in [0.15, 0.2) is 12.2 Å². The number of carbonyl (C=O) groups is 3. The second kappa shape index (κ2) is 46.8. The van der Waals surface area contributed by atoms with Gasteiger partial charge in [0.1, 0.15) is 13.2 Å². The number of esters is 3. The van der Waals surface area contributed by atoms with Gasteiger partial charge in [-0.05, 0) is 44.9 Å². The van der Waals surface area contributed by atoms with Crippen molar-refractivity contribution in [2.75, 3.05) is 13.2 Å². The maximum Gasteiger partial charge on any atom is 0.306 e. The summed E-state index contributed by atoms with van der Waals surface area (Å²) in [4.78, 5) is 37.7. The van der Waals surface area contributed by atoms with Crippen molar-refractivity contribution in [1.29, 1.82) is 0 Å². The van der Waals surface area contributed by atoms with E-state index in [1.54, 1.807) is 0 Å². The maximum absolute atomic E-state index is 12.7. The molecule has 0 aromatic rings. The first-order valence-corrected chi connectivity index (χ1v) is 25.2. The minimum Gasteiger partial charge on any atom is -0.462 e. The average molecular weight is 805 g/mol. The molecule has 6 heteroatoms. The molecule has 0 aliphatic carbocycles. The van der Waals surface area contributed by atoms with Crippen LogP contribution in [0.2, 0.25) is 0 Å². The van der Waals surface area contributed by atoms with Gasteiger partial charge in [-0.25, -0.2) is 0 Å². The van der Waals surface area contributed by atoms with E-state index in [1.807, 2.05) is 0 Å². The summed E-state index contributed by atoms with van der Waals surface area (Å²) in [6.07, 6.45) is 50.7. The van der Waals surface area contributed by atoms with Gasteiger partial charge in [0.2, 0.25) is 0 Å². The van der Waals surface area contributed by atoms with Gasteiger partial charge in [0, 0.05) is 19.3 Å². The SMILES string of the molecule is CCCCCCCC/C=C\CCCCCCCCCCCC(=O)OCC(COC(=O)CCCCCCCC)OC(=O)CCCCCCCCCCCCCCCC. The number of rotatable bonds is 46. The fraction of sp³-hybridized carbons (Fsp3) is 0.902. The smallest absolute Gasteiger partial charge is 0.306 e. The van der Waals surface area contributed by atoms with Crippen LogP contribution in [-0.2, 0) is 28.6 Å². The highest BCUT2D eigenvalue weighted by atomic mass is 16.6. The number of carbonyl (C=O) groups excluding carboxylic acids is 3. The van der Waals surface area contributed by atoms with Crippen molar-refractivity contribution in [2.45, 2.75) is 284 Å². The fourth-order valence-corrected chi connectivity index (χ4v) is 7.44. The predicted molar refractivity (Wildman–Crippen MR) is 243 cm³/mol. The molecular formula is C51H96O6. The van der Waals surface area contributed by atoms with Gasteiger partial charge in [0.15, 0.2) is 6.10 Å². The van der Waals surface area contributed by atoms with Gasteiger partial charge in [-0.15, -0.1) is 0 Å². The van der Waals surface area contributed by atoms with E-state index >= 15 is 0 Å². The van der Waals surface area contributed by atoms with Gasteiger partial charge in [0.05, 0.1) is 0 Å². The summed E-state index contributed by atoms with van der Waals surface area (Å²) in [6, 6.07) is 0. The molecule has 0 amide bonds. The zero-order chi connectivity index (χ0) is 41.5. The van der Waals surface area contributed by atoms with Crippen LogP contribution in [0.1, 0.15) is 278 Å². The number of ether oxygens (including phenoxy) is 3. The number of hydrogen-bond donors (Lipinski definition) is 0. The summed E-state index contributed by atoms with van der Waals surface area (Å²) >= 11 is 0. The van der Waals surface area contributed by atoms with E-state index < -0.39 is 6.10 Å². The molecule has 0 rings (SSSR count). The van der Waals surface area contributed by atoms with Crippen molar-refractivity contribution in [1.82, 2.24) is 0 Å². The molecule has 336 valence electrons. The van der Waals surface area contributed by atoms with Crippen LogP contribution in [0.25, 0.3) is 0 Å². The maximum atomic E-state index is 12.7. The number of allylic oxidation sites excluding steroid dienone is 2. The Labute approximate surface area is 354 Å². The molecule has 0 aliphatic heterocycles. The Morgan fingerprint density at radius 2 is 0.579 bits per heavy atom. The van der Waals surface area contributed by atoms with Crippen LogP contribution < -0.4 is 0 Å². The molecule has 0 bridgehead atoms. The van der Waals surface area contributed by atoms with Crippen LogP contribution in [-0.4, -0.2) is 37.2 Å². The first-order valence-electron chi connectivity index (χ1n) is 25.2. The van der Waals surface area contributed by atoms with E-state index in [4.69, 9.17) is 14.2 Å². The second-order valence-electron chi connectivity index (χ2n) is 17.1. The molecule has 0 N–H and O–H groups in total. The largest absolute Gasteiger partial charge is 0.462 e. The van der Waals surface area contributed by atoms with E-state index in [-0.39, 0.29) is 31.1 Å². The Morgan fingerprint density at radius 3 is 0.877 bits per heavy atom. The molecule has 0 fully saturated rings. The molecule has 0 aromatic carbocycles. The third kappa shape index (κ3) is 45.1. The molecule has 0 saturated heterocycles. The van der Waals surface area contributed by atoms with Crippen molar-refractivity contribution in [2.24, 2.45) is 0 Å². The van der Waals surface area contributed by atoms with Crippen molar-refractivity contribution in [3.05, 3.63) is 12.2 Å². The highest BCUT2D eigenvalue weighted by molar-refractivity contribution is 5.71. The highest BCUT2D eigenvalue weighted by Crippen LogP contribution is 2.16. The highest BCUT2D eigenvalue weighted by Gasteiger charge is 2.19. The summed E-state index contributed by atoms with van der Waals surface area (Å²) in [6.45, 7) is 6.60. The summed E-state index contributed by atoms with van der Waals surface area (Å²) < 4.78 is 16.7. The van der Waals surface area contributed by atoms with Gasteiger partial charge in [-0.3, -0.25) is 14.4 Å². The molecule has 0 radical (unpaired) electrons. The minimum atomic E-state index is -0.761. The summed E-state index contributed by atoms with van der Waals surface area (Å²) in [5, 5.41) is 0. The Hall–Kier alpha value is -1.85. The lowest BCUT2D eigenvalue weighted by molar-refractivity contribution is -0.167. The Balaban J connectivity index is 4.16. The predicted octanol–water partition coefficient (Wildman–Crippen LogP) is 16.2. The van der Waals surface area contributed by atoms with Gasteiger partial charge >= 0.3 is 17.9 Å². The van der Waals surface area contributed by atoms with Gasteiger partial charge in [0.25, 0.3) is 0 Å². The van der Waals surface area contributed by atoms with Gasteiger partial charge in [-0.1, -0.05) is 226 Å². The molecule has 1 atom stereocenters. The molecule has 0 heterocycles. The van der Waals surface area contributed by atoms with Crippen molar-refractivity contribution in [3.8, 4) is 0 Å². The summed E-state index contributed by atoms with van der Waals surface area (Å²) in [7, 11) is 0. The average Bonchev–Trinajstić information content (AvgIpc) is 3.21. The normalized spacial score (nSPS) is 12.0. The summed E-state index contributed by atoms with van der Waals surface area (Å²) in [5.74, 6) is -0.865.